The fourth-order valence-corrected chi connectivity index (χ4v) is 3.63. The Morgan fingerprint density at radius 1 is 1.35 bits per heavy atom. The van der Waals surface area contributed by atoms with Crippen LogP contribution in [0.25, 0.3) is 0 Å². The summed E-state index contributed by atoms with van der Waals surface area (Å²) in [6, 6.07) is 9.15. The first-order valence-electron chi connectivity index (χ1n) is 8.68. The maximum atomic E-state index is 5.91. The molecule has 3 unspecified atom stereocenters. The molecule has 4 heteroatoms. The predicted molar refractivity (Wildman–Crippen MR) is 95.0 cm³/mol. The Morgan fingerprint density at radius 3 is 2.78 bits per heavy atom. The number of ether oxygens (including phenoxy) is 1. The summed E-state index contributed by atoms with van der Waals surface area (Å²) >= 11 is 0. The highest BCUT2D eigenvalue weighted by atomic mass is 16.5. The molecule has 0 saturated carbocycles. The van der Waals surface area contributed by atoms with Crippen molar-refractivity contribution in [1.29, 1.82) is 0 Å². The standard InChI is InChI=1S/C19H29N3O/c1-13-6-5-7-14(10-13)19(2,3)12-21-18(20-4)22-16-11-15-8-9-17(16)23-15/h5-7,10,15-17H,8-9,11-12H2,1-4H3,(H2,20,21,22). The topological polar surface area (TPSA) is 45.7 Å². The monoisotopic (exact) mass is 315 g/mol. The van der Waals surface area contributed by atoms with Crippen LogP contribution in [0.3, 0.4) is 0 Å². The molecule has 1 aromatic carbocycles. The molecule has 1 aromatic rings. The molecule has 2 heterocycles. The van der Waals surface area contributed by atoms with Gasteiger partial charge < -0.3 is 15.4 Å². The number of benzene rings is 1. The Hall–Kier alpha value is -1.55. The van der Waals surface area contributed by atoms with Gasteiger partial charge in [-0.15, -0.1) is 0 Å². The van der Waals surface area contributed by atoms with Crippen LogP contribution in [0, 0.1) is 6.92 Å². The molecule has 2 aliphatic rings. The summed E-state index contributed by atoms with van der Waals surface area (Å²) in [6.45, 7) is 7.52. The Labute approximate surface area is 139 Å². The summed E-state index contributed by atoms with van der Waals surface area (Å²) in [4.78, 5) is 4.39. The van der Waals surface area contributed by atoms with Gasteiger partial charge in [0.25, 0.3) is 0 Å². The lowest BCUT2D eigenvalue weighted by Gasteiger charge is -2.29. The van der Waals surface area contributed by atoms with Gasteiger partial charge in [0.2, 0.25) is 0 Å². The van der Waals surface area contributed by atoms with E-state index in [1.807, 2.05) is 7.05 Å². The smallest absolute Gasteiger partial charge is 0.191 e. The van der Waals surface area contributed by atoms with Gasteiger partial charge >= 0.3 is 0 Å². The molecule has 23 heavy (non-hydrogen) atoms. The molecule has 0 spiro atoms. The molecular weight excluding hydrogens is 286 g/mol. The van der Waals surface area contributed by atoms with Crippen LogP contribution in [0.2, 0.25) is 0 Å². The van der Waals surface area contributed by atoms with Gasteiger partial charge in [-0.3, -0.25) is 4.99 Å². The second kappa shape index (κ2) is 6.52. The van der Waals surface area contributed by atoms with Crippen LogP contribution in [0.15, 0.2) is 29.3 Å². The molecule has 2 saturated heterocycles. The average molecular weight is 315 g/mol. The molecular formula is C19H29N3O. The molecule has 0 radical (unpaired) electrons. The van der Waals surface area contributed by atoms with Gasteiger partial charge in [0.15, 0.2) is 5.96 Å². The second-order valence-electron chi connectivity index (χ2n) is 7.54. The van der Waals surface area contributed by atoms with E-state index in [2.05, 4.69) is 60.7 Å². The summed E-state index contributed by atoms with van der Waals surface area (Å²) in [7, 11) is 1.84. The Kier molecular flexibility index (Phi) is 4.62. The molecule has 0 aliphatic carbocycles. The Morgan fingerprint density at radius 2 is 2.17 bits per heavy atom. The van der Waals surface area contributed by atoms with Crippen molar-refractivity contribution in [2.24, 2.45) is 4.99 Å². The van der Waals surface area contributed by atoms with Gasteiger partial charge in [0.05, 0.1) is 18.2 Å². The molecule has 0 aromatic heterocycles. The molecule has 2 N–H and O–H groups in total. The van der Waals surface area contributed by atoms with Gasteiger partial charge in [-0.05, 0) is 31.7 Å². The van der Waals surface area contributed by atoms with Crippen LogP contribution < -0.4 is 10.6 Å². The highest BCUT2D eigenvalue weighted by molar-refractivity contribution is 5.80. The first-order valence-corrected chi connectivity index (χ1v) is 8.68. The maximum absolute atomic E-state index is 5.91. The predicted octanol–water partition coefficient (Wildman–Crippen LogP) is 2.76. The zero-order chi connectivity index (χ0) is 16.4. The summed E-state index contributed by atoms with van der Waals surface area (Å²) < 4.78 is 5.91. The zero-order valence-electron chi connectivity index (χ0n) is 14.7. The summed E-state index contributed by atoms with van der Waals surface area (Å²) in [5, 5.41) is 7.04. The van der Waals surface area contributed by atoms with E-state index in [0.29, 0.717) is 18.2 Å². The third-order valence-electron chi connectivity index (χ3n) is 5.15. The SMILES string of the molecule is CN=C(NCC(C)(C)c1cccc(C)c1)NC1CC2CCC1O2. The summed E-state index contributed by atoms with van der Waals surface area (Å²) in [6.07, 6.45) is 4.32. The van der Waals surface area contributed by atoms with E-state index in [1.165, 1.54) is 24.0 Å². The maximum Gasteiger partial charge on any atom is 0.191 e. The molecule has 4 nitrogen and oxygen atoms in total. The minimum absolute atomic E-state index is 0.0504. The minimum atomic E-state index is 0.0504. The van der Waals surface area contributed by atoms with Crippen molar-refractivity contribution >= 4 is 5.96 Å². The normalized spacial score (nSPS) is 27.3. The fraction of sp³-hybridized carbons (Fsp3) is 0.632. The quantitative estimate of drug-likeness (QED) is 0.663. The van der Waals surface area contributed by atoms with E-state index in [0.717, 1.165) is 18.9 Å². The Balaban J connectivity index is 1.57. The van der Waals surface area contributed by atoms with Gasteiger partial charge in [-0.1, -0.05) is 43.7 Å². The number of nitrogens with one attached hydrogen (secondary N) is 2. The number of rotatable bonds is 4. The van der Waals surface area contributed by atoms with Crippen LogP contribution in [0.5, 0.6) is 0 Å². The highest BCUT2D eigenvalue weighted by Gasteiger charge is 2.41. The zero-order valence-corrected chi connectivity index (χ0v) is 14.7. The molecule has 2 fully saturated rings. The number of guanidine groups is 1. The van der Waals surface area contributed by atoms with Gasteiger partial charge in [0.1, 0.15) is 0 Å². The lowest BCUT2D eigenvalue weighted by atomic mass is 9.84. The van der Waals surface area contributed by atoms with E-state index in [9.17, 15) is 0 Å². The summed E-state index contributed by atoms with van der Waals surface area (Å²) in [5.41, 5.74) is 2.70. The van der Waals surface area contributed by atoms with E-state index in [4.69, 9.17) is 4.74 Å². The van der Waals surface area contributed by atoms with Crippen LogP contribution in [0.1, 0.15) is 44.2 Å². The Bertz CT molecular complexity index is 582. The van der Waals surface area contributed by atoms with Crippen LogP contribution in [-0.2, 0) is 10.2 Å². The first-order chi connectivity index (χ1) is 11.0. The number of hydrogen-bond acceptors (Lipinski definition) is 2. The van der Waals surface area contributed by atoms with Crippen molar-refractivity contribution in [3.05, 3.63) is 35.4 Å². The minimum Gasteiger partial charge on any atom is -0.373 e. The lowest BCUT2D eigenvalue weighted by Crippen LogP contribution is -2.49. The molecule has 3 rings (SSSR count). The van der Waals surface area contributed by atoms with Crippen molar-refractivity contribution in [2.75, 3.05) is 13.6 Å². The van der Waals surface area contributed by atoms with E-state index >= 15 is 0 Å². The van der Waals surface area contributed by atoms with Gasteiger partial charge in [-0.25, -0.2) is 0 Å². The van der Waals surface area contributed by atoms with Crippen molar-refractivity contribution in [3.8, 4) is 0 Å². The van der Waals surface area contributed by atoms with Crippen molar-refractivity contribution in [2.45, 2.75) is 63.7 Å². The van der Waals surface area contributed by atoms with Crippen molar-refractivity contribution < 1.29 is 4.74 Å². The number of nitrogens with zero attached hydrogens (tertiary/aromatic N) is 1. The molecule has 2 bridgehead atoms. The molecule has 126 valence electrons. The second-order valence-corrected chi connectivity index (χ2v) is 7.54. The third-order valence-corrected chi connectivity index (χ3v) is 5.15. The van der Waals surface area contributed by atoms with Gasteiger partial charge in [0, 0.05) is 19.0 Å². The van der Waals surface area contributed by atoms with Crippen LogP contribution in [0.4, 0.5) is 0 Å². The lowest BCUT2D eigenvalue weighted by molar-refractivity contribution is 0.0992. The number of aliphatic imine (C=N–C) groups is 1. The van der Waals surface area contributed by atoms with Gasteiger partial charge in [-0.2, -0.15) is 0 Å². The highest BCUT2D eigenvalue weighted by Crippen LogP contribution is 2.34. The van der Waals surface area contributed by atoms with Crippen LogP contribution in [-0.4, -0.2) is 37.8 Å². The molecule has 0 amide bonds. The van der Waals surface area contributed by atoms with Crippen molar-refractivity contribution in [3.63, 3.8) is 0 Å². The number of fused-ring (bicyclic) bond motifs is 2. The average Bonchev–Trinajstić information content (AvgIpc) is 3.14. The largest absolute Gasteiger partial charge is 0.373 e. The summed E-state index contributed by atoms with van der Waals surface area (Å²) in [5.74, 6) is 0.881. The van der Waals surface area contributed by atoms with E-state index in [1.54, 1.807) is 0 Å². The number of hydrogen-bond donors (Lipinski definition) is 2. The third kappa shape index (κ3) is 3.69. The molecule has 2 aliphatic heterocycles. The van der Waals surface area contributed by atoms with Crippen molar-refractivity contribution in [1.82, 2.24) is 10.6 Å². The molecule has 3 atom stereocenters. The van der Waals surface area contributed by atoms with E-state index in [-0.39, 0.29) is 5.41 Å². The number of aryl methyl sites for hydroxylation is 1. The van der Waals surface area contributed by atoms with Crippen LogP contribution >= 0.6 is 0 Å². The fourth-order valence-electron chi connectivity index (χ4n) is 3.63. The van der Waals surface area contributed by atoms with E-state index < -0.39 is 0 Å². The first kappa shape index (κ1) is 16.3.